The van der Waals surface area contributed by atoms with Crippen molar-refractivity contribution in [3.05, 3.63) is 48.6 Å². The zero-order valence-corrected chi connectivity index (χ0v) is 15.2. The van der Waals surface area contributed by atoms with Gasteiger partial charge < -0.3 is 24.7 Å². The molecular weight excluding hydrogens is 308 g/mol. The summed E-state index contributed by atoms with van der Waals surface area (Å²) in [6.07, 6.45) is 3.27. The molecule has 6 heteroatoms. The maximum Gasteiger partial charge on any atom is 0.500 e. The topological polar surface area (TPSA) is 79.7 Å². The lowest BCUT2D eigenvalue weighted by molar-refractivity contribution is 0.0455. The second kappa shape index (κ2) is 10.7. The van der Waals surface area contributed by atoms with Crippen LogP contribution in [-0.2, 0) is 13.3 Å². The Morgan fingerprint density at radius 2 is 1.78 bits per heavy atom. The van der Waals surface area contributed by atoms with Crippen molar-refractivity contribution in [2.24, 2.45) is 11.5 Å². The normalized spacial score (nSPS) is 14.4. The highest BCUT2D eigenvalue weighted by Crippen LogP contribution is 2.29. The number of hydrogen-bond acceptors (Lipinski definition) is 5. The molecule has 0 saturated heterocycles. The van der Waals surface area contributed by atoms with Crippen molar-refractivity contribution in [2.45, 2.75) is 30.9 Å². The summed E-state index contributed by atoms with van der Waals surface area (Å²) in [5, 5.41) is 0. The minimum atomic E-state index is -2.76. The molecule has 2 unspecified atom stereocenters. The van der Waals surface area contributed by atoms with Gasteiger partial charge in [-0.25, -0.2) is 0 Å². The first kappa shape index (κ1) is 20.0. The van der Waals surface area contributed by atoms with Crippen molar-refractivity contribution < 1.29 is 13.3 Å². The zero-order chi connectivity index (χ0) is 17.1. The van der Waals surface area contributed by atoms with Gasteiger partial charge in [-0.3, -0.25) is 0 Å². The first-order valence-electron chi connectivity index (χ1n) is 8.02. The highest BCUT2D eigenvalue weighted by atomic mass is 28.4. The third-order valence-corrected chi connectivity index (χ3v) is 6.80. The van der Waals surface area contributed by atoms with Crippen LogP contribution >= 0.6 is 0 Å². The number of rotatable bonds is 12. The Balaban J connectivity index is 3.00. The van der Waals surface area contributed by atoms with Crippen LogP contribution in [0.3, 0.4) is 0 Å². The first-order chi connectivity index (χ1) is 11.2. The molecule has 0 aliphatic rings. The molecule has 0 radical (unpaired) electrons. The zero-order valence-electron chi connectivity index (χ0n) is 14.2. The summed E-state index contributed by atoms with van der Waals surface area (Å²) in [6.45, 7) is 5.08. The fraction of sp³-hybridized carbons (Fsp3) is 0.529. The quantitative estimate of drug-likeness (QED) is 0.451. The summed E-state index contributed by atoms with van der Waals surface area (Å²) in [5.74, 6) is 0.0369. The smallest absolute Gasteiger partial charge is 0.377 e. The Morgan fingerprint density at radius 1 is 1.13 bits per heavy atom. The van der Waals surface area contributed by atoms with Crippen molar-refractivity contribution in [3.63, 3.8) is 0 Å². The molecule has 130 valence electrons. The van der Waals surface area contributed by atoms with Crippen LogP contribution in [0, 0.1) is 0 Å². The molecule has 4 N–H and O–H groups in total. The molecule has 23 heavy (non-hydrogen) atoms. The average molecular weight is 339 g/mol. The molecule has 1 rings (SSSR count). The Labute approximate surface area is 141 Å². The lowest BCUT2D eigenvalue weighted by Crippen LogP contribution is -2.48. The van der Waals surface area contributed by atoms with Crippen LogP contribution < -0.4 is 11.5 Å². The maximum atomic E-state index is 6.37. The summed E-state index contributed by atoms with van der Waals surface area (Å²) >= 11 is 0. The van der Waals surface area contributed by atoms with Gasteiger partial charge in [0.25, 0.3) is 0 Å². The van der Waals surface area contributed by atoms with E-state index in [-0.39, 0.29) is 12.0 Å². The highest BCUT2D eigenvalue weighted by Gasteiger charge is 2.42. The number of benzene rings is 1. The van der Waals surface area contributed by atoms with Crippen molar-refractivity contribution >= 4 is 8.80 Å². The minimum Gasteiger partial charge on any atom is -0.377 e. The second-order valence-electron chi connectivity index (χ2n) is 5.39. The SMILES string of the molecule is C=CC(c1ccccc1)C(CCN)O[Si](CCCN)(OC)OC. The molecule has 0 heterocycles. The van der Waals surface area contributed by atoms with Gasteiger partial charge in [-0.2, -0.15) is 0 Å². The summed E-state index contributed by atoms with van der Waals surface area (Å²) in [4.78, 5) is 0. The molecular formula is C17H30N2O3Si. The number of hydrogen-bond donors (Lipinski definition) is 2. The van der Waals surface area contributed by atoms with Gasteiger partial charge in [0, 0.05) is 26.2 Å². The van der Waals surface area contributed by atoms with Crippen LogP contribution in [0.25, 0.3) is 0 Å². The van der Waals surface area contributed by atoms with Crippen molar-refractivity contribution in [3.8, 4) is 0 Å². The molecule has 0 aliphatic heterocycles. The predicted molar refractivity (Wildman–Crippen MR) is 96.2 cm³/mol. The van der Waals surface area contributed by atoms with E-state index in [4.69, 9.17) is 24.7 Å². The molecule has 2 atom stereocenters. The van der Waals surface area contributed by atoms with Gasteiger partial charge in [0.05, 0.1) is 6.10 Å². The lowest BCUT2D eigenvalue weighted by atomic mass is 9.92. The van der Waals surface area contributed by atoms with Crippen molar-refractivity contribution in [1.82, 2.24) is 0 Å². The van der Waals surface area contributed by atoms with Crippen LogP contribution in [0.1, 0.15) is 24.3 Å². The second-order valence-corrected chi connectivity index (χ2v) is 8.31. The monoisotopic (exact) mass is 338 g/mol. The molecule has 0 spiro atoms. The molecule has 0 bridgehead atoms. The summed E-state index contributed by atoms with van der Waals surface area (Å²) in [6, 6.07) is 10.8. The van der Waals surface area contributed by atoms with Gasteiger partial charge in [0.1, 0.15) is 0 Å². The summed E-state index contributed by atoms with van der Waals surface area (Å²) in [7, 11) is 0.512. The molecule has 0 aromatic heterocycles. The van der Waals surface area contributed by atoms with Crippen LogP contribution in [0.15, 0.2) is 43.0 Å². The summed E-state index contributed by atoms with van der Waals surface area (Å²) in [5.41, 5.74) is 12.6. The van der Waals surface area contributed by atoms with Crippen molar-refractivity contribution in [1.29, 1.82) is 0 Å². The van der Waals surface area contributed by atoms with Crippen LogP contribution in [0.2, 0.25) is 6.04 Å². The molecule has 0 amide bonds. The molecule has 1 aromatic rings. The molecule has 5 nitrogen and oxygen atoms in total. The molecule has 0 fully saturated rings. The Morgan fingerprint density at radius 3 is 2.26 bits per heavy atom. The first-order valence-corrected chi connectivity index (χ1v) is 9.95. The highest BCUT2D eigenvalue weighted by molar-refractivity contribution is 6.60. The summed E-state index contributed by atoms with van der Waals surface area (Å²) < 4.78 is 17.7. The van der Waals surface area contributed by atoms with Gasteiger partial charge in [0.2, 0.25) is 0 Å². The van der Waals surface area contributed by atoms with E-state index in [0.29, 0.717) is 25.6 Å². The van der Waals surface area contributed by atoms with E-state index in [0.717, 1.165) is 12.0 Å². The van der Waals surface area contributed by atoms with Crippen LogP contribution in [0.5, 0.6) is 0 Å². The van der Waals surface area contributed by atoms with E-state index in [1.165, 1.54) is 0 Å². The molecule has 0 saturated carbocycles. The minimum absolute atomic E-state index is 0.0369. The Bertz CT molecular complexity index is 441. The van der Waals surface area contributed by atoms with Gasteiger partial charge >= 0.3 is 8.80 Å². The van der Waals surface area contributed by atoms with E-state index in [2.05, 4.69) is 18.7 Å². The van der Waals surface area contributed by atoms with Gasteiger partial charge in [0.15, 0.2) is 0 Å². The average Bonchev–Trinajstić information content (AvgIpc) is 2.60. The third-order valence-electron chi connectivity index (χ3n) is 3.93. The van der Waals surface area contributed by atoms with Gasteiger partial charge in [-0.1, -0.05) is 36.4 Å². The van der Waals surface area contributed by atoms with Crippen LogP contribution in [0.4, 0.5) is 0 Å². The lowest BCUT2D eigenvalue weighted by Gasteiger charge is -2.34. The number of nitrogens with two attached hydrogens (primary N) is 2. The largest absolute Gasteiger partial charge is 0.500 e. The maximum absolute atomic E-state index is 6.37. The Hall–Kier alpha value is -1.02. The van der Waals surface area contributed by atoms with E-state index < -0.39 is 8.80 Å². The molecule has 1 aromatic carbocycles. The standard InChI is InChI=1S/C17H30N2O3Si/c1-4-16(15-9-6-5-7-10-15)17(11-13-19)22-23(20-2,21-3)14-8-12-18/h4-7,9-10,16-17H,1,8,11-14,18-19H2,2-3H3. The van der Waals surface area contributed by atoms with E-state index in [1.54, 1.807) is 14.2 Å². The fourth-order valence-corrected chi connectivity index (χ4v) is 4.89. The molecule has 0 aliphatic carbocycles. The third kappa shape index (κ3) is 5.84. The van der Waals surface area contributed by atoms with Gasteiger partial charge in [-0.05, 0) is 31.5 Å². The van der Waals surface area contributed by atoms with Gasteiger partial charge in [-0.15, -0.1) is 6.58 Å². The Kier molecular flexibility index (Phi) is 9.31. The fourth-order valence-electron chi connectivity index (χ4n) is 2.65. The van der Waals surface area contributed by atoms with Crippen molar-refractivity contribution in [2.75, 3.05) is 27.3 Å². The van der Waals surface area contributed by atoms with E-state index in [1.807, 2.05) is 24.3 Å². The van der Waals surface area contributed by atoms with E-state index >= 15 is 0 Å². The van der Waals surface area contributed by atoms with E-state index in [9.17, 15) is 0 Å². The predicted octanol–water partition coefficient (Wildman–Crippen LogP) is 2.27. The van der Waals surface area contributed by atoms with Crippen LogP contribution in [-0.4, -0.2) is 42.2 Å².